The Kier molecular flexibility index (Phi) is 4.58. The van der Waals surface area contributed by atoms with E-state index < -0.39 is 0 Å². The molecular weight excluding hydrogens is 381 g/mol. The number of nitrogens with one attached hydrogen (secondary N) is 1. The van der Waals surface area contributed by atoms with Gasteiger partial charge in [0.1, 0.15) is 5.82 Å². The maximum Gasteiger partial charge on any atom is 0.254 e. The highest BCUT2D eigenvalue weighted by atomic mass is 19.1. The van der Waals surface area contributed by atoms with Crippen molar-refractivity contribution in [3.05, 3.63) is 72.4 Å². The highest BCUT2D eigenvalue weighted by Gasteiger charge is 2.33. The first kappa shape index (κ1) is 18.5. The van der Waals surface area contributed by atoms with E-state index in [0.29, 0.717) is 18.0 Å². The normalized spacial score (nSPS) is 18.9. The molecule has 3 heterocycles. The standard InChI is InChI=1S/C23H22FN5O/c1-15-7-16(13-28(15)23(30)18-3-2-4-21(24)9-18)14-29-22-6-5-17(8-19(22)12-27-29)20-10-25-26-11-20/h2-6,8-12,15-16H,7,13-14H2,1H3,(H,25,26)/t15-,16+/m1/s1. The second kappa shape index (κ2) is 7.40. The second-order valence-electron chi connectivity index (χ2n) is 8.01. The van der Waals surface area contributed by atoms with Crippen molar-refractivity contribution < 1.29 is 9.18 Å². The molecule has 5 rings (SSSR count). The van der Waals surface area contributed by atoms with Crippen molar-refractivity contribution in [1.29, 1.82) is 0 Å². The molecule has 1 saturated heterocycles. The third-order valence-electron chi connectivity index (χ3n) is 5.90. The highest BCUT2D eigenvalue weighted by molar-refractivity contribution is 5.94. The number of aromatic amines is 1. The number of halogens is 1. The Balaban J connectivity index is 1.33. The minimum Gasteiger partial charge on any atom is -0.336 e. The zero-order valence-corrected chi connectivity index (χ0v) is 16.6. The van der Waals surface area contributed by atoms with Gasteiger partial charge in [-0.25, -0.2) is 4.39 Å². The number of aromatic nitrogens is 4. The largest absolute Gasteiger partial charge is 0.336 e. The van der Waals surface area contributed by atoms with Crippen LogP contribution in [0.2, 0.25) is 0 Å². The van der Waals surface area contributed by atoms with Gasteiger partial charge in [0.25, 0.3) is 5.91 Å². The summed E-state index contributed by atoms with van der Waals surface area (Å²) >= 11 is 0. The Morgan fingerprint density at radius 1 is 1.20 bits per heavy atom. The number of amides is 1. The lowest BCUT2D eigenvalue weighted by Gasteiger charge is -2.21. The number of carbonyl (C=O) groups excluding carboxylic acids is 1. The van der Waals surface area contributed by atoms with E-state index in [2.05, 4.69) is 40.4 Å². The fourth-order valence-corrected chi connectivity index (χ4v) is 4.41. The number of fused-ring (bicyclic) bond motifs is 1. The van der Waals surface area contributed by atoms with Gasteiger partial charge in [0.2, 0.25) is 0 Å². The first-order valence-corrected chi connectivity index (χ1v) is 10.1. The van der Waals surface area contributed by atoms with Gasteiger partial charge >= 0.3 is 0 Å². The van der Waals surface area contributed by atoms with Crippen LogP contribution in [0.3, 0.4) is 0 Å². The smallest absolute Gasteiger partial charge is 0.254 e. The summed E-state index contributed by atoms with van der Waals surface area (Å²) < 4.78 is 15.5. The molecule has 0 spiro atoms. The van der Waals surface area contributed by atoms with Gasteiger partial charge in [-0.05, 0) is 55.2 Å². The lowest BCUT2D eigenvalue weighted by molar-refractivity contribution is 0.0741. The van der Waals surface area contributed by atoms with Gasteiger partial charge in [0, 0.05) is 41.8 Å². The lowest BCUT2D eigenvalue weighted by Crippen LogP contribution is -2.34. The molecule has 1 fully saturated rings. The second-order valence-corrected chi connectivity index (χ2v) is 8.01. The van der Waals surface area contributed by atoms with E-state index in [0.717, 1.165) is 35.0 Å². The Morgan fingerprint density at radius 2 is 2.10 bits per heavy atom. The summed E-state index contributed by atoms with van der Waals surface area (Å²) in [5.74, 6) is -0.198. The molecule has 1 amide bonds. The van der Waals surface area contributed by atoms with Gasteiger partial charge in [-0.1, -0.05) is 12.1 Å². The number of benzene rings is 2. The van der Waals surface area contributed by atoms with Gasteiger partial charge in [-0.2, -0.15) is 10.2 Å². The van der Waals surface area contributed by atoms with Crippen molar-refractivity contribution in [2.45, 2.75) is 25.9 Å². The van der Waals surface area contributed by atoms with Crippen LogP contribution in [0, 0.1) is 11.7 Å². The molecular formula is C23H22FN5O. The molecule has 2 aromatic carbocycles. The van der Waals surface area contributed by atoms with Crippen LogP contribution in [0.4, 0.5) is 4.39 Å². The molecule has 4 aromatic rings. The summed E-state index contributed by atoms with van der Waals surface area (Å²) in [6.07, 6.45) is 6.45. The van der Waals surface area contributed by atoms with Crippen molar-refractivity contribution in [2.75, 3.05) is 6.54 Å². The zero-order chi connectivity index (χ0) is 20.7. The molecule has 0 radical (unpaired) electrons. The highest BCUT2D eigenvalue weighted by Crippen LogP contribution is 2.28. The average Bonchev–Trinajstić information content (AvgIpc) is 3.48. The maximum atomic E-state index is 13.5. The number of rotatable bonds is 4. The third-order valence-corrected chi connectivity index (χ3v) is 5.90. The van der Waals surface area contributed by atoms with Gasteiger partial charge in [0.05, 0.1) is 17.9 Å². The zero-order valence-electron chi connectivity index (χ0n) is 16.6. The number of nitrogens with zero attached hydrogens (tertiary/aromatic N) is 4. The van der Waals surface area contributed by atoms with Crippen LogP contribution in [-0.4, -0.2) is 43.4 Å². The maximum absolute atomic E-state index is 13.5. The minimum atomic E-state index is -0.387. The summed E-state index contributed by atoms with van der Waals surface area (Å²) in [5, 5.41) is 12.5. The van der Waals surface area contributed by atoms with Gasteiger partial charge < -0.3 is 4.90 Å². The van der Waals surface area contributed by atoms with E-state index in [1.807, 2.05) is 22.0 Å². The van der Waals surface area contributed by atoms with Crippen molar-refractivity contribution in [2.24, 2.45) is 5.92 Å². The number of hydrogen-bond donors (Lipinski definition) is 1. The van der Waals surface area contributed by atoms with E-state index in [4.69, 9.17) is 0 Å². The number of likely N-dealkylation sites (tertiary alicyclic amines) is 1. The molecule has 0 unspecified atom stereocenters. The molecule has 1 aliphatic heterocycles. The SMILES string of the molecule is C[C@@H]1C[C@H](Cn2ncc3cc(-c4cn[nH]c4)ccc32)CN1C(=O)c1cccc(F)c1. The Bertz CT molecular complexity index is 1200. The van der Waals surface area contributed by atoms with Crippen LogP contribution >= 0.6 is 0 Å². The molecule has 30 heavy (non-hydrogen) atoms. The van der Waals surface area contributed by atoms with Crippen molar-refractivity contribution in [3.8, 4) is 11.1 Å². The number of H-pyrrole nitrogens is 1. The monoisotopic (exact) mass is 403 g/mol. The molecule has 152 valence electrons. The van der Waals surface area contributed by atoms with E-state index in [1.165, 1.54) is 12.1 Å². The topological polar surface area (TPSA) is 66.8 Å². The summed E-state index contributed by atoms with van der Waals surface area (Å²) in [4.78, 5) is 14.7. The number of hydrogen-bond acceptors (Lipinski definition) is 3. The lowest BCUT2D eigenvalue weighted by atomic mass is 10.1. The Hall–Kier alpha value is -3.48. The first-order valence-electron chi connectivity index (χ1n) is 10.1. The van der Waals surface area contributed by atoms with E-state index in [9.17, 15) is 9.18 Å². The predicted molar refractivity (Wildman–Crippen MR) is 112 cm³/mol. The van der Waals surface area contributed by atoms with Crippen LogP contribution in [0.25, 0.3) is 22.0 Å². The molecule has 0 bridgehead atoms. The summed E-state index contributed by atoms with van der Waals surface area (Å²) in [6.45, 7) is 3.44. The van der Waals surface area contributed by atoms with Crippen LogP contribution < -0.4 is 0 Å². The minimum absolute atomic E-state index is 0.111. The molecule has 2 aromatic heterocycles. The molecule has 2 atom stereocenters. The molecule has 6 nitrogen and oxygen atoms in total. The van der Waals surface area contributed by atoms with Crippen LogP contribution in [0.5, 0.6) is 0 Å². The van der Waals surface area contributed by atoms with E-state index >= 15 is 0 Å². The van der Waals surface area contributed by atoms with Gasteiger partial charge in [0.15, 0.2) is 0 Å². The number of carbonyl (C=O) groups is 1. The van der Waals surface area contributed by atoms with Gasteiger partial charge in [-0.15, -0.1) is 0 Å². The fraction of sp³-hybridized carbons (Fsp3) is 0.261. The van der Waals surface area contributed by atoms with E-state index in [1.54, 1.807) is 18.3 Å². The molecule has 0 aliphatic carbocycles. The Morgan fingerprint density at radius 3 is 2.90 bits per heavy atom. The van der Waals surface area contributed by atoms with Gasteiger partial charge in [-0.3, -0.25) is 14.6 Å². The average molecular weight is 403 g/mol. The molecule has 1 aliphatic rings. The van der Waals surface area contributed by atoms with Crippen LogP contribution in [0.1, 0.15) is 23.7 Å². The van der Waals surface area contributed by atoms with Crippen LogP contribution in [-0.2, 0) is 6.54 Å². The van der Waals surface area contributed by atoms with Crippen LogP contribution in [0.15, 0.2) is 61.1 Å². The first-order chi connectivity index (χ1) is 14.6. The van der Waals surface area contributed by atoms with Crippen molar-refractivity contribution >= 4 is 16.8 Å². The molecule has 7 heteroatoms. The van der Waals surface area contributed by atoms with Crippen molar-refractivity contribution in [3.63, 3.8) is 0 Å². The van der Waals surface area contributed by atoms with Crippen molar-refractivity contribution in [1.82, 2.24) is 24.9 Å². The molecule has 0 saturated carbocycles. The summed E-state index contributed by atoms with van der Waals surface area (Å²) in [6, 6.07) is 12.3. The molecule has 1 N–H and O–H groups in total. The predicted octanol–water partition coefficient (Wildman–Crippen LogP) is 4.12. The summed E-state index contributed by atoms with van der Waals surface area (Å²) in [5.41, 5.74) is 3.61. The quantitative estimate of drug-likeness (QED) is 0.557. The Labute approximate surface area is 173 Å². The third kappa shape index (κ3) is 3.36. The summed E-state index contributed by atoms with van der Waals surface area (Å²) in [7, 11) is 0. The fourth-order valence-electron chi connectivity index (χ4n) is 4.41. The van der Waals surface area contributed by atoms with E-state index in [-0.39, 0.29) is 17.8 Å².